The van der Waals surface area contributed by atoms with Gasteiger partial charge in [-0.15, -0.1) is 0 Å². The highest BCUT2D eigenvalue weighted by Gasteiger charge is 2.81. The summed E-state index contributed by atoms with van der Waals surface area (Å²) in [4.78, 5) is 42.0. The third-order valence-corrected chi connectivity index (χ3v) is 8.83. The summed E-state index contributed by atoms with van der Waals surface area (Å²) >= 11 is 0. The molecule has 2 aromatic rings. The van der Waals surface area contributed by atoms with Crippen LogP contribution in [0.25, 0.3) is 0 Å². The molecule has 0 spiro atoms. The highest BCUT2D eigenvalue weighted by Crippen LogP contribution is 2.68. The van der Waals surface area contributed by atoms with Gasteiger partial charge in [-0.2, -0.15) is 0 Å². The molecule has 1 amide bonds. The van der Waals surface area contributed by atoms with Crippen molar-refractivity contribution in [3.05, 3.63) is 69.3 Å². The van der Waals surface area contributed by atoms with Gasteiger partial charge in [-0.1, -0.05) is 23.7 Å². The molecule has 1 saturated heterocycles. The van der Waals surface area contributed by atoms with Crippen molar-refractivity contribution in [2.45, 2.75) is 57.2 Å². The van der Waals surface area contributed by atoms with Gasteiger partial charge in [-0.3, -0.25) is 14.5 Å². The molecule has 41 heavy (non-hydrogen) atoms. The highest BCUT2D eigenvalue weighted by atomic mass is 16.6. The van der Waals surface area contributed by atoms with E-state index in [1.54, 1.807) is 38.1 Å². The zero-order valence-electron chi connectivity index (χ0n) is 22.6. The summed E-state index contributed by atoms with van der Waals surface area (Å²) in [6.07, 6.45) is 1.80. The number of carbonyl (C=O) groups is 3. The summed E-state index contributed by atoms with van der Waals surface area (Å²) in [5.74, 6) is 10.4. The SMILES string of the molecule is CCOC(=O)N1Cc2cc3c(cc2C1)C(=O)c1c2c(cc(O)c1C3=O)[C@@]13O[C@@]1([C@@H](C)O)[C@H](C#C/C=C\C#C[C@H]3C)N2. The first-order chi connectivity index (χ1) is 19.7. The molecule has 2 aromatic carbocycles. The molecule has 2 aliphatic carbocycles. The zero-order chi connectivity index (χ0) is 28.8. The Morgan fingerprint density at radius 2 is 1.76 bits per heavy atom. The predicted octanol–water partition coefficient (Wildman–Crippen LogP) is 2.99. The van der Waals surface area contributed by atoms with E-state index in [0.717, 1.165) is 11.1 Å². The molecule has 0 radical (unpaired) electrons. The molecule has 3 heterocycles. The quantitative estimate of drug-likeness (QED) is 0.252. The van der Waals surface area contributed by atoms with E-state index in [-0.39, 0.29) is 47.7 Å². The van der Waals surface area contributed by atoms with Crippen LogP contribution in [-0.4, -0.2) is 57.1 Å². The standard InChI is InChI=1S/C32H26N2O7/c1-4-40-30(39)34-14-18-11-20-21(12-19(18)15-34)29(38)26-25(28(20)37)23(36)13-22-27(26)33-24-10-8-6-5-7-9-16(2)31(22)32(24,41-31)17(3)35/h5-6,11-13,16-17,24,33,35-36H,4,14-15H2,1-3H3/b6-5-/t16-,17-,24+,31-,32+/m1/s1. The number of fused-ring (bicyclic) bond motifs is 5. The normalized spacial score (nSPS) is 29.0. The number of allylic oxidation sites excluding steroid dienone is 2. The molecule has 0 unspecified atom stereocenters. The molecule has 2 bridgehead atoms. The van der Waals surface area contributed by atoms with Crippen LogP contribution >= 0.6 is 0 Å². The third-order valence-electron chi connectivity index (χ3n) is 8.83. The maximum Gasteiger partial charge on any atom is 0.410 e. The largest absolute Gasteiger partial charge is 0.507 e. The fraction of sp³-hybridized carbons (Fsp3) is 0.344. The van der Waals surface area contributed by atoms with Crippen LogP contribution in [0, 0.1) is 29.6 Å². The number of hydrogen-bond acceptors (Lipinski definition) is 8. The predicted molar refractivity (Wildman–Crippen MR) is 146 cm³/mol. The van der Waals surface area contributed by atoms with Crippen LogP contribution in [0.4, 0.5) is 10.5 Å². The van der Waals surface area contributed by atoms with E-state index < -0.39 is 46.9 Å². The van der Waals surface area contributed by atoms with Gasteiger partial charge in [-0.05, 0) is 62.2 Å². The topological polar surface area (TPSA) is 129 Å². The smallest absolute Gasteiger partial charge is 0.410 e. The van der Waals surface area contributed by atoms with Gasteiger partial charge in [0.25, 0.3) is 0 Å². The molecule has 0 aromatic heterocycles. The van der Waals surface area contributed by atoms with Crippen LogP contribution in [0.1, 0.15) is 69.3 Å². The first-order valence-electron chi connectivity index (χ1n) is 13.5. The van der Waals surface area contributed by atoms with E-state index >= 15 is 0 Å². The number of aromatic hydroxyl groups is 1. The van der Waals surface area contributed by atoms with Crippen molar-refractivity contribution in [3.63, 3.8) is 0 Å². The van der Waals surface area contributed by atoms with Crippen molar-refractivity contribution in [3.8, 4) is 29.4 Å². The van der Waals surface area contributed by atoms with Crippen LogP contribution in [0.5, 0.6) is 5.75 Å². The van der Waals surface area contributed by atoms with Crippen molar-refractivity contribution >= 4 is 23.3 Å². The first-order valence-corrected chi connectivity index (χ1v) is 13.5. The van der Waals surface area contributed by atoms with Gasteiger partial charge in [0.05, 0.1) is 35.4 Å². The Labute approximate surface area is 236 Å². The number of epoxide rings is 1. The fourth-order valence-corrected chi connectivity index (χ4v) is 6.97. The Bertz CT molecular complexity index is 1770. The number of ketones is 2. The number of benzene rings is 2. The summed E-state index contributed by atoms with van der Waals surface area (Å²) in [5, 5.41) is 25.6. The lowest BCUT2D eigenvalue weighted by atomic mass is 9.67. The number of nitrogens with one attached hydrogen (secondary N) is 1. The number of aliphatic hydroxyl groups excluding tert-OH is 1. The van der Waals surface area contributed by atoms with Crippen molar-refractivity contribution in [1.82, 2.24) is 4.90 Å². The van der Waals surface area contributed by atoms with E-state index in [4.69, 9.17) is 9.47 Å². The molecule has 1 fully saturated rings. The van der Waals surface area contributed by atoms with Crippen LogP contribution in [0.2, 0.25) is 0 Å². The number of phenols is 1. The lowest BCUT2D eigenvalue weighted by molar-refractivity contribution is 0.0868. The summed E-state index contributed by atoms with van der Waals surface area (Å²) in [7, 11) is 0. The molecule has 5 aliphatic rings. The van der Waals surface area contributed by atoms with Crippen LogP contribution in [-0.2, 0) is 28.2 Å². The number of anilines is 1. The molecule has 5 atom stereocenters. The number of aliphatic hydroxyl groups is 1. The second kappa shape index (κ2) is 8.47. The maximum atomic E-state index is 14.2. The highest BCUT2D eigenvalue weighted by molar-refractivity contribution is 6.31. The second-order valence-corrected chi connectivity index (χ2v) is 11.0. The van der Waals surface area contributed by atoms with Gasteiger partial charge in [-0.25, -0.2) is 4.79 Å². The number of rotatable bonds is 2. The minimum atomic E-state index is -1.19. The zero-order valence-corrected chi connectivity index (χ0v) is 22.6. The molecule has 9 heteroatoms. The maximum absolute atomic E-state index is 14.2. The Kier molecular flexibility index (Phi) is 5.25. The van der Waals surface area contributed by atoms with Crippen molar-refractivity contribution in [2.75, 3.05) is 11.9 Å². The second-order valence-electron chi connectivity index (χ2n) is 11.0. The van der Waals surface area contributed by atoms with Gasteiger partial charge in [0, 0.05) is 29.8 Å². The monoisotopic (exact) mass is 550 g/mol. The number of carbonyl (C=O) groups excluding carboxylic acids is 3. The third kappa shape index (κ3) is 3.13. The number of ether oxygens (including phenoxy) is 2. The molecule has 9 nitrogen and oxygen atoms in total. The van der Waals surface area contributed by atoms with Crippen molar-refractivity contribution < 1.29 is 34.1 Å². The van der Waals surface area contributed by atoms with Crippen molar-refractivity contribution in [1.29, 1.82) is 0 Å². The Morgan fingerprint density at radius 1 is 1.12 bits per heavy atom. The van der Waals surface area contributed by atoms with E-state index in [2.05, 4.69) is 29.0 Å². The van der Waals surface area contributed by atoms with E-state index in [9.17, 15) is 24.6 Å². The summed E-state index contributed by atoms with van der Waals surface area (Å²) in [6.45, 7) is 5.95. The molecule has 206 valence electrons. The van der Waals surface area contributed by atoms with Crippen molar-refractivity contribution in [2.24, 2.45) is 5.92 Å². The van der Waals surface area contributed by atoms with Crippen LogP contribution in [0.3, 0.4) is 0 Å². The van der Waals surface area contributed by atoms with Gasteiger partial charge in [0.15, 0.2) is 17.2 Å². The fourth-order valence-electron chi connectivity index (χ4n) is 6.97. The Morgan fingerprint density at radius 3 is 2.39 bits per heavy atom. The molecule has 3 N–H and O–H groups in total. The lowest BCUT2D eigenvalue weighted by Gasteiger charge is -2.38. The molecular weight excluding hydrogens is 524 g/mol. The number of amides is 1. The lowest BCUT2D eigenvalue weighted by Crippen LogP contribution is -2.53. The molecular formula is C32H26N2O7. The van der Waals surface area contributed by atoms with Gasteiger partial charge in [0.2, 0.25) is 0 Å². The van der Waals surface area contributed by atoms with Gasteiger partial charge < -0.3 is 25.0 Å². The molecule has 3 aliphatic heterocycles. The Balaban J connectivity index is 1.41. The minimum Gasteiger partial charge on any atom is -0.507 e. The Hall–Kier alpha value is -4.57. The van der Waals surface area contributed by atoms with Crippen LogP contribution in [0.15, 0.2) is 30.4 Å². The van der Waals surface area contributed by atoms with E-state index in [1.807, 2.05) is 6.92 Å². The average molecular weight is 551 g/mol. The molecule has 7 rings (SSSR count). The average Bonchev–Trinajstić information content (AvgIpc) is 3.52. The molecule has 0 saturated carbocycles. The van der Waals surface area contributed by atoms with E-state index in [1.165, 1.54) is 11.0 Å². The summed E-state index contributed by atoms with van der Waals surface area (Å²) < 4.78 is 11.6. The number of hydrogen-bond donors (Lipinski definition) is 3. The summed E-state index contributed by atoms with van der Waals surface area (Å²) in [5.41, 5.74) is 0.188. The van der Waals surface area contributed by atoms with Gasteiger partial charge in [0.1, 0.15) is 17.4 Å². The first kappa shape index (κ1) is 25.4. The van der Waals surface area contributed by atoms with Crippen LogP contribution < -0.4 is 5.32 Å². The van der Waals surface area contributed by atoms with E-state index in [0.29, 0.717) is 11.3 Å². The summed E-state index contributed by atoms with van der Waals surface area (Å²) in [6, 6.07) is 4.00. The number of phenolic OH excluding ortho intramolecular Hbond substituents is 1. The minimum absolute atomic E-state index is 0.0336. The number of nitrogens with zero attached hydrogens (tertiary/aromatic N) is 1. The van der Waals surface area contributed by atoms with Gasteiger partial charge >= 0.3 is 6.09 Å².